The van der Waals surface area contributed by atoms with Crippen molar-refractivity contribution in [1.82, 2.24) is 9.97 Å². The van der Waals surface area contributed by atoms with Crippen molar-refractivity contribution < 1.29 is 4.74 Å². The zero-order valence-corrected chi connectivity index (χ0v) is 13.4. The summed E-state index contributed by atoms with van der Waals surface area (Å²) in [7, 11) is 0. The lowest BCUT2D eigenvalue weighted by Gasteiger charge is -2.29. The Morgan fingerprint density at radius 3 is 2.85 bits per heavy atom. The second-order valence-corrected chi connectivity index (χ2v) is 5.97. The van der Waals surface area contributed by atoms with Crippen molar-refractivity contribution in [2.45, 2.75) is 58.6 Å². The molecule has 1 fully saturated rings. The first-order chi connectivity index (χ1) is 9.60. The van der Waals surface area contributed by atoms with E-state index in [0.717, 1.165) is 24.6 Å². The smallest absolute Gasteiger partial charge is 0.229 e. The third kappa shape index (κ3) is 3.98. The van der Waals surface area contributed by atoms with Crippen LogP contribution in [0.3, 0.4) is 0 Å². The molecule has 0 amide bonds. The number of hydrogen-bond donors (Lipinski definition) is 0. The van der Waals surface area contributed by atoms with E-state index in [1.54, 1.807) is 0 Å². The Bertz CT molecular complexity index is 439. The fraction of sp³-hybridized carbons (Fsp3) is 0.733. The van der Waals surface area contributed by atoms with Crippen molar-refractivity contribution in [2.75, 3.05) is 17.3 Å². The molecule has 20 heavy (non-hydrogen) atoms. The van der Waals surface area contributed by atoms with Gasteiger partial charge >= 0.3 is 0 Å². The molecule has 1 aromatic heterocycles. The Morgan fingerprint density at radius 2 is 2.15 bits per heavy atom. The lowest BCUT2D eigenvalue weighted by molar-refractivity contribution is 0.232. The van der Waals surface area contributed by atoms with Gasteiger partial charge in [-0.3, -0.25) is 0 Å². The minimum Gasteiger partial charge on any atom is -0.475 e. The summed E-state index contributed by atoms with van der Waals surface area (Å²) in [5, 5.41) is 0. The van der Waals surface area contributed by atoms with Crippen LogP contribution in [0.25, 0.3) is 0 Å². The van der Waals surface area contributed by atoms with E-state index in [4.69, 9.17) is 16.3 Å². The monoisotopic (exact) mass is 297 g/mol. The van der Waals surface area contributed by atoms with E-state index in [1.165, 1.54) is 19.3 Å². The van der Waals surface area contributed by atoms with E-state index in [-0.39, 0.29) is 6.10 Å². The first kappa shape index (κ1) is 15.4. The quantitative estimate of drug-likeness (QED) is 0.797. The minimum atomic E-state index is 0.116. The first-order valence-corrected chi connectivity index (χ1v) is 7.98. The summed E-state index contributed by atoms with van der Waals surface area (Å²) in [5.41, 5.74) is 0.934. The summed E-state index contributed by atoms with van der Waals surface area (Å²) in [6.07, 6.45) is 4.89. The Hall–Kier alpha value is -1.03. The molecule has 0 bridgehead atoms. The van der Waals surface area contributed by atoms with Crippen LogP contribution in [0.4, 0.5) is 5.95 Å². The van der Waals surface area contributed by atoms with E-state index >= 15 is 0 Å². The summed E-state index contributed by atoms with van der Waals surface area (Å²) in [6.45, 7) is 6.96. The highest BCUT2D eigenvalue weighted by atomic mass is 35.5. The number of alkyl halides is 1. The van der Waals surface area contributed by atoms with Crippen LogP contribution >= 0.6 is 11.6 Å². The number of aromatic nitrogens is 2. The Labute approximate surface area is 126 Å². The van der Waals surface area contributed by atoms with Gasteiger partial charge in [0.25, 0.3) is 0 Å². The Morgan fingerprint density at radius 1 is 1.35 bits per heavy atom. The van der Waals surface area contributed by atoms with Crippen LogP contribution in [0.1, 0.15) is 45.2 Å². The SMILES string of the molecule is Cc1cc(OC(C)C)nc(N2CCCCCC2CCl)n1. The van der Waals surface area contributed by atoms with Gasteiger partial charge in [0, 0.05) is 30.2 Å². The highest BCUT2D eigenvalue weighted by molar-refractivity contribution is 6.18. The third-order valence-electron chi connectivity index (χ3n) is 3.49. The molecule has 0 N–H and O–H groups in total. The van der Waals surface area contributed by atoms with E-state index in [0.29, 0.717) is 17.8 Å². The lowest BCUT2D eigenvalue weighted by atomic mass is 10.1. The van der Waals surface area contributed by atoms with Crippen molar-refractivity contribution in [3.05, 3.63) is 11.8 Å². The van der Waals surface area contributed by atoms with Gasteiger partial charge in [-0.2, -0.15) is 4.98 Å². The van der Waals surface area contributed by atoms with Crippen molar-refractivity contribution in [1.29, 1.82) is 0 Å². The van der Waals surface area contributed by atoms with Crippen LogP contribution in [-0.2, 0) is 0 Å². The summed E-state index contributed by atoms with van der Waals surface area (Å²) in [6, 6.07) is 2.21. The number of halogens is 1. The van der Waals surface area contributed by atoms with Crippen molar-refractivity contribution in [3.63, 3.8) is 0 Å². The molecule has 2 heterocycles. The maximum Gasteiger partial charge on any atom is 0.229 e. The van der Waals surface area contributed by atoms with Gasteiger partial charge in [-0.25, -0.2) is 4.98 Å². The number of aryl methyl sites for hydroxylation is 1. The molecule has 1 aliphatic heterocycles. The van der Waals surface area contributed by atoms with Gasteiger partial charge in [0.05, 0.1) is 6.10 Å². The van der Waals surface area contributed by atoms with Gasteiger partial charge < -0.3 is 9.64 Å². The molecule has 0 aromatic carbocycles. The van der Waals surface area contributed by atoms with E-state index in [1.807, 2.05) is 26.8 Å². The second-order valence-electron chi connectivity index (χ2n) is 5.67. The zero-order chi connectivity index (χ0) is 14.5. The summed E-state index contributed by atoms with van der Waals surface area (Å²) in [4.78, 5) is 11.4. The largest absolute Gasteiger partial charge is 0.475 e. The number of nitrogens with zero attached hydrogens (tertiary/aromatic N) is 3. The third-order valence-corrected chi connectivity index (χ3v) is 3.84. The molecule has 0 spiro atoms. The molecule has 1 aromatic rings. The molecule has 2 rings (SSSR count). The fourth-order valence-corrected chi connectivity index (χ4v) is 2.88. The topological polar surface area (TPSA) is 38.2 Å². The van der Waals surface area contributed by atoms with Gasteiger partial charge in [-0.15, -0.1) is 11.6 Å². The predicted octanol–water partition coefficient (Wildman–Crippen LogP) is 3.56. The molecule has 1 atom stereocenters. The highest BCUT2D eigenvalue weighted by Gasteiger charge is 2.23. The average Bonchev–Trinajstić information content (AvgIpc) is 2.61. The Kier molecular flexibility index (Phi) is 5.46. The molecule has 112 valence electrons. The van der Waals surface area contributed by atoms with Crippen LogP contribution in [0.2, 0.25) is 0 Å². The Balaban J connectivity index is 2.26. The van der Waals surface area contributed by atoms with Crippen molar-refractivity contribution in [3.8, 4) is 5.88 Å². The predicted molar refractivity (Wildman–Crippen MR) is 82.9 cm³/mol. The number of ether oxygens (including phenoxy) is 1. The van der Waals surface area contributed by atoms with E-state index in [9.17, 15) is 0 Å². The summed E-state index contributed by atoms with van der Waals surface area (Å²) >= 11 is 6.13. The van der Waals surface area contributed by atoms with Gasteiger partial charge in [0.15, 0.2) is 0 Å². The molecular weight excluding hydrogens is 274 g/mol. The summed E-state index contributed by atoms with van der Waals surface area (Å²) in [5.74, 6) is 2.03. The van der Waals surface area contributed by atoms with Gasteiger partial charge in [-0.1, -0.05) is 12.8 Å². The maximum atomic E-state index is 6.13. The van der Waals surface area contributed by atoms with Crippen LogP contribution < -0.4 is 9.64 Å². The van der Waals surface area contributed by atoms with Crippen LogP contribution in [-0.4, -0.2) is 34.5 Å². The molecule has 1 aliphatic rings. The fourth-order valence-electron chi connectivity index (χ4n) is 2.56. The maximum absolute atomic E-state index is 6.13. The molecule has 1 unspecified atom stereocenters. The van der Waals surface area contributed by atoms with Crippen molar-refractivity contribution >= 4 is 17.5 Å². The van der Waals surface area contributed by atoms with Crippen molar-refractivity contribution in [2.24, 2.45) is 0 Å². The van der Waals surface area contributed by atoms with Gasteiger partial charge in [0.1, 0.15) is 0 Å². The number of hydrogen-bond acceptors (Lipinski definition) is 4. The van der Waals surface area contributed by atoms with Crippen LogP contribution in [0, 0.1) is 6.92 Å². The van der Waals surface area contributed by atoms with Gasteiger partial charge in [-0.05, 0) is 33.6 Å². The minimum absolute atomic E-state index is 0.116. The molecule has 0 saturated carbocycles. The second kappa shape index (κ2) is 7.11. The zero-order valence-electron chi connectivity index (χ0n) is 12.6. The number of rotatable bonds is 4. The summed E-state index contributed by atoms with van der Waals surface area (Å²) < 4.78 is 5.72. The normalized spacial score (nSPS) is 20.1. The molecule has 5 heteroatoms. The molecule has 1 saturated heterocycles. The molecule has 4 nitrogen and oxygen atoms in total. The lowest BCUT2D eigenvalue weighted by Crippen LogP contribution is -2.37. The number of anilines is 1. The highest BCUT2D eigenvalue weighted by Crippen LogP contribution is 2.24. The molecular formula is C15H24ClN3O. The van der Waals surface area contributed by atoms with E-state index in [2.05, 4.69) is 14.9 Å². The van der Waals surface area contributed by atoms with Crippen LogP contribution in [0.5, 0.6) is 5.88 Å². The van der Waals surface area contributed by atoms with E-state index < -0.39 is 0 Å². The van der Waals surface area contributed by atoms with Gasteiger partial charge in [0.2, 0.25) is 11.8 Å². The van der Waals surface area contributed by atoms with Crippen LogP contribution in [0.15, 0.2) is 6.07 Å². The molecule has 0 radical (unpaired) electrons. The molecule has 0 aliphatic carbocycles. The average molecular weight is 298 g/mol. The first-order valence-electron chi connectivity index (χ1n) is 7.45. The standard InChI is InChI=1S/C15H24ClN3O/c1-11(2)20-14-9-12(3)17-15(18-14)19-8-6-4-5-7-13(19)10-16/h9,11,13H,4-8,10H2,1-3H3.